The van der Waals surface area contributed by atoms with Crippen molar-refractivity contribution in [2.24, 2.45) is 0 Å². The van der Waals surface area contributed by atoms with E-state index in [2.05, 4.69) is 51.7 Å². The van der Waals surface area contributed by atoms with Crippen LogP contribution in [0.2, 0.25) is 0 Å². The molecule has 0 amide bonds. The Balaban J connectivity index is 2.18. The third-order valence-corrected chi connectivity index (χ3v) is 3.71. The molecular formula is C14H21N5S. The van der Waals surface area contributed by atoms with Gasteiger partial charge in [0.1, 0.15) is 22.5 Å². The summed E-state index contributed by atoms with van der Waals surface area (Å²) in [6, 6.07) is 1.91. The van der Waals surface area contributed by atoms with Crippen LogP contribution in [0.15, 0.2) is 11.4 Å². The lowest BCUT2D eigenvalue weighted by atomic mass is 9.96. The third kappa shape index (κ3) is 3.66. The molecule has 0 aliphatic rings. The number of hydrogen-bond donors (Lipinski definition) is 2. The highest BCUT2D eigenvalue weighted by Gasteiger charge is 2.19. The minimum Gasteiger partial charge on any atom is -0.373 e. The van der Waals surface area contributed by atoms with Gasteiger partial charge in [0.05, 0.1) is 6.54 Å². The molecule has 0 bridgehead atoms. The Morgan fingerprint density at radius 2 is 1.85 bits per heavy atom. The normalized spacial score (nSPS) is 11.4. The standard InChI is InChI=1S/C14H21N5S/c1-9-8-20-12(17-9)7-16-11-6-10(15-5)18-13(19-11)14(2,3)4/h6,8H,7H2,1-5H3,(H2,15,16,18,19). The summed E-state index contributed by atoms with van der Waals surface area (Å²) in [7, 11) is 1.86. The zero-order chi connectivity index (χ0) is 14.8. The average Bonchev–Trinajstić information content (AvgIpc) is 2.81. The van der Waals surface area contributed by atoms with E-state index in [0.717, 1.165) is 28.2 Å². The number of aromatic nitrogens is 3. The molecule has 2 rings (SSSR count). The lowest BCUT2D eigenvalue weighted by Gasteiger charge is -2.18. The van der Waals surface area contributed by atoms with Gasteiger partial charge in [-0.2, -0.15) is 0 Å². The first-order valence-electron chi connectivity index (χ1n) is 6.60. The molecule has 0 unspecified atom stereocenters. The van der Waals surface area contributed by atoms with Gasteiger partial charge in [-0.15, -0.1) is 11.3 Å². The maximum atomic E-state index is 4.59. The second kappa shape index (κ2) is 5.75. The second-order valence-corrected chi connectivity index (χ2v) is 6.64. The molecule has 0 saturated heterocycles. The molecule has 0 radical (unpaired) electrons. The Labute approximate surface area is 123 Å². The molecule has 2 heterocycles. The van der Waals surface area contributed by atoms with Crippen LogP contribution < -0.4 is 10.6 Å². The lowest BCUT2D eigenvalue weighted by Crippen LogP contribution is -2.18. The number of hydrogen-bond acceptors (Lipinski definition) is 6. The van der Waals surface area contributed by atoms with E-state index in [9.17, 15) is 0 Å². The van der Waals surface area contributed by atoms with Crippen molar-refractivity contribution in [1.82, 2.24) is 15.0 Å². The van der Waals surface area contributed by atoms with E-state index in [4.69, 9.17) is 0 Å². The summed E-state index contributed by atoms with van der Waals surface area (Å²) in [5, 5.41) is 9.51. The molecule has 0 spiro atoms. The summed E-state index contributed by atoms with van der Waals surface area (Å²) < 4.78 is 0. The molecular weight excluding hydrogens is 270 g/mol. The second-order valence-electron chi connectivity index (χ2n) is 5.70. The van der Waals surface area contributed by atoms with Crippen LogP contribution in [0.5, 0.6) is 0 Å². The summed E-state index contributed by atoms with van der Waals surface area (Å²) in [5.41, 5.74) is 0.974. The molecule has 0 atom stereocenters. The van der Waals surface area contributed by atoms with E-state index in [0.29, 0.717) is 6.54 Å². The van der Waals surface area contributed by atoms with E-state index in [-0.39, 0.29) is 5.41 Å². The molecule has 2 aromatic heterocycles. The highest BCUT2D eigenvalue weighted by Crippen LogP contribution is 2.22. The van der Waals surface area contributed by atoms with Gasteiger partial charge >= 0.3 is 0 Å². The predicted molar refractivity (Wildman–Crippen MR) is 84.5 cm³/mol. The van der Waals surface area contributed by atoms with Crippen molar-refractivity contribution >= 4 is 23.0 Å². The van der Waals surface area contributed by atoms with Gasteiger partial charge in [0.25, 0.3) is 0 Å². The van der Waals surface area contributed by atoms with Gasteiger partial charge in [-0.1, -0.05) is 20.8 Å². The molecule has 108 valence electrons. The van der Waals surface area contributed by atoms with E-state index in [1.165, 1.54) is 0 Å². The van der Waals surface area contributed by atoms with Crippen LogP contribution in [0.25, 0.3) is 0 Å². The molecule has 0 fully saturated rings. The van der Waals surface area contributed by atoms with Crippen molar-refractivity contribution in [2.75, 3.05) is 17.7 Å². The Morgan fingerprint density at radius 1 is 1.15 bits per heavy atom. The number of thiazole rings is 1. The number of anilines is 2. The highest BCUT2D eigenvalue weighted by atomic mass is 32.1. The summed E-state index contributed by atoms with van der Waals surface area (Å²) in [5.74, 6) is 2.46. The van der Waals surface area contributed by atoms with E-state index in [1.54, 1.807) is 11.3 Å². The lowest BCUT2D eigenvalue weighted by molar-refractivity contribution is 0.546. The van der Waals surface area contributed by atoms with Crippen LogP contribution in [0, 0.1) is 6.92 Å². The van der Waals surface area contributed by atoms with Crippen molar-refractivity contribution in [1.29, 1.82) is 0 Å². The fourth-order valence-electron chi connectivity index (χ4n) is 1.65. The van der Waals surface area contributed by atoms with E-state index in [1.807, 2.05) is 20.0 Å². The summed E-state index contributed by atoms with van der Waals surface area (Å²) in [6.45, 7) is 9.00. The van der Waals surface area contributed by atoms with Crippen molar-refractivity contribution in [3.63, 3.8) is 0 Å². The Kier molecular flexibility index (Phi) is 4.23. The summed E-state index contributed by atoms with van der Waals surface area (Å²) >= 11 is 1.66. The minimum atomic E-state index is -0.0823. The smallest absolute Gasteiger partial charge is 0.138 e. The van der Waals surface area contributed by atoms with Crippen LogP contribution in [0.1, 0.15) is 37.3 Å². The van der Waals surface area contributed by atoms with Gasteiger partial charge in [-0.25, -0.2) is 15.0 Å². The van der Waals surface area contributed by atoms with Gasteiger partial charge in [0, 0.05) is 29.6 Å². The van der Waals surface area contributed by atoms with Crippen molar-refractivity contribution in [2.45, 2.75) is 39.7 Å². The van der Waals surface area contributed by atoms with Crippen LogP contribution in [0.4, 0.5) is 11.6 Å². The first-order chi connectivity index (χ1) is 9.38. The van der Waals surface area contributed by atoms with Gasteiger partial charge in [0.15, 0.2) is 0 Å². The quantitative estimate of drug-likeness (QED) is 0.906. The molecule has 5 nitrogen and oxygen atoms in total. The SMILES string of the molecule is CNc1cc(NCc2nc(C)cs2)nc(C(C)(C)C)n1. The van der Waals surface area contributed by atoms with Crippen LogP contribution in [-0.4, -0.2) is 22.0 Å². The van der Waals surface area contributed by atoms with Crippen LogP contribution >= 0.6 is 11.3 Å². The first-order valence-corrected chi connectivity index (χ1v) is 7.48. The van der Waals surface area contributed by atoms with Crippen molar-refractivity contribution in [3.8, 4) is 0 Å². The predicted octanol–water partition coefficient (Wildman–Crippen LogP) is 3.19. The van der Waals surface area contributed by atoms with E-state index < -0.39 is 0 Å². The third-order valence-electron chi connectivity index (χ3n) is 2.74. The zero-order valence-electron chi connectivity index (χ0n) is 12.6. The fourth-order valence-corrected chi connectivity index (χ4v) is 2.36. The highest BCUT2D eigenvalue weighted by molar-refractivity contribution is 7.09. The average molecular weight is 291 g/mol. The summed E-state index contributed by atoms with van der Waals surface area (Å²) in [4.78, 5) is 13.5. The molecule has 0 aliphatic carbocycles. The molecule has 2 N–H and O–H groups in total. The van der Waals surface area contributed by atoms with Crippen LogP contribution in [-0.2, 0) is 12.0 Å². The van der Waals surface area contributed by atoms with Crippen molar-refractivity contribution < 1.29 is 0 Å². The largest absolute Gasteiger partial charge is 0.373 e. The molecule has 6 heteroatoms. The number of rotatable bonds is 4. The number of nitrogens with zero attached hydrogens (tertiary/aromatic N) is 3. The van der Waals surface area contributed by atoms with Gasteiger partial charge in [-0.05, 0) is 6.92 Å². The minimum absolute atomic E-state index is 0.0823. The number of aryl methyl sites for hydroxylation is 1. The first kappa shape index (κ1) is 14.7. The molecule has 0 aromatic carbocycles. The van der Waals surface area contributed by atoms with Gasteiger partial charge < -0.3 is 10.6 Å². The number of nitrogens with one attached hydrogen (secondary N) is 2. The Morgan fingerprint density at radius 3 is 2.40 bits per heavy atom. The van der Waals surface area contributed by atoms with E-state index >= 15 is 0 Å². The maximum Gasteiger partial charge on any atom is 0.138 e. The zero-order valence-corrected chi connectivity index (χ0v) is 13.4. The topological polar surface area (TPSA) is 62.7 Å². The fraction of sp³-hybridized carbons (Fsp3) is 0.500. The summed E-state index contributed by atoms with van der Waals surface area (Å²) in [6.07, 6.45) is 0. The Bertz CT molecular complexity index is 585. The monoisotopic (exact) mass is 291 g/mol. The molecule has 20 heavy (non-hydrogen) atoms. The molecule has 0 saturated carbocycles. The van der Waals surface area contributed by atoms with Crippen LogP contribution in [0.3, 0.4) is 0 Å². The Hall–Kier alpha value is -1.69. The van der Waals surface area contributed by atoms with Crippen molar-refractivity contribution in [3.05, 3.63) is 28.0 Å². The maximum absolute atomic E-state index is 4.59. The van der Waals surface area contributed by atoms with Gasteiger partial charge in [-0.3, -0.25) is 0 Å². The van der Waals surface area contributed by atoms with Gasteiger partial charge in [0.2, 0.25) is 0 Å². The molecule has 2 aromatic rings. The molecule has 0 aliphatic heterocycles.